The molecule has 26 heavy (non-hydrogen) atoms. The van der Waals surface area contributed by atoms with E-state index in [0.717, 1.165) is 0 Å². The fraction of sp³-hybridized carbons (Fsp3) is 0.316. The Balaban J connectivity index is 1.71. The zero-order chi connectivity index (χ0) is 18.9. The van der Waals surface area contributed by atoms with Crippen LogP contribution in [0.25, 0.3) is 0 Å². The summed E-state index contributed by atoms with van der Waals surface area (Å²) in [5.41, 5.74) is 0.454. The normalized spacial score (nSPS) is 10.4. The molecule has 0 saturated heterocycles. The van der Waals surface area contributed by atoms with Crippen LogP contribution >= 0.6 is 23.2 Å². The molecule has 0 heterocycles. The molecule has 0 fully saturated rings. The van der Waals surface area contributed by atoms with Gasteiger partial charge in [0.25, 0.3) is 0 Å². The van der Waals surface area contributed by atoms with Crippen molar-refractivity contribution in [3.63, 3.8) is 0 Å². The molecular formula is C19H20Cl2O5. The van der Waals surface area contributed by atoms with Crippen LogP contribution in [0.1, 0.15) is 30.1 Å². The number of ether oxygens (including phenoxy) is 3. The Bertz CT molecular complexity index is 725. The standard InChI is InChI=1S/C19H20Cl2O5/c1-2-24-15-7-5-6-13(10-15)19(23)26-9-4-3-8-25-18-16(20)11-14(22)12-17(18)21/h5-7,10-12,22H,2-4,8-9H2,1H3. The minimum Gasteiger partial charge on any atom is -0.508 e. The zero-order valence-electron chi connectivity index (χ0n) is 14.3. The maximum atomic E-state index is 12.0. The molecule has 2 aromatic rings. The van der Waals surface area contributed by atoms with Crippen molar-refractivity contribution in [2.24, 2.45) is 0 Å². The largest absolute Gasteiger partial charge is 0.508 e. The molecule has 0 radical (unpaired) electrons. The minimum absolute atomic E-state index is 0.0207. The lowest BCUT2D eigenvalue weighted by Crippen LogP contribution is -2.08. The van der Waals surface area contributed by atoms with E-state index in [9.17, 15) is 9.90 Å². The predicted molar refractivity (Wildman–Crippen MR) is 101 cm³/mol. The van der Waals surface area contributed by atoms with Crippen LogP contribution in [0.5, 0.6) is 17.2 Å². The number of esters is 1. The van der Waals surface area contributed by atoms with Gasteiger partial charge in [-0.05, 0) is 38.0 Å². The van der Waals surface area contributed by atoms with Crippen LogP contribution in [0.2, 0.25) is 10.0 Å². The number of phenols is 1. The van der Waals surface area contributed by atoms with Gasteiger partial charge in [0.2, 0.25) is 0 Å². The number of hydrogen-bond acceptors (Lipinski definition) is 5. The van der Waals surface area contributed by atoms with Crippen LogP contribution in [-0.2, 0) is 4.74 Å². The fourth-order valence-corrected chi connectivity index (χ4v) is 2.78. The molecule has 2 rings (SSSR count). The quantitative estimate of drug-likeness (QED) is 0.469. The first-order valence-corrected chi connectivity index (χ1v) is 8.97. The van der Waals surface area contributed by atoms with Gasteiger partial charge < -0.3 is 19.3 Å². The SMILES string of the molecule is CCOc1cccc(C(=O)OCCCCOc2c(Cl)cc(O)cc2Cl)c1. The number of benzene rings is 2. The molecule has 0 saturated carbocycles. The van der Waals surface area contributed by atoms with Gasteiger partial charge in [0, 0.05) is 12.1 Å². The van der Waals surface area contributed by atoms with Crippen LogP contribution in [0.15, 0.2) is 36.4 Å². The number of rotatable bonds is 9. The maximum Gasteiger partial charge on any atom is 0.338 e. The van der Waals surface area contributed by atoms with Crippen LogP contribution in [-0.4, -0.2) is 30.9 Å². The molecule has 0 amide bonds. The van der Waals surface area contributed by atoms with Crippen molar-refractivity contribution >= 4 is 29.2 Å². The van der Waals surface area contributed by atoms with E-state index in [4.69, 9.17) is 37.4 Å². The highest BCUT2D eigenvalue weighted by molar-refractivity contribution is 6.37. The first kappa shape index (κ1) is 20.2. The third-order valence-electron chi connectivity index (χ3n) is 3.38. The lowest BCUT2D eigenvalue weighted by molar-refractivity contribution is 0.0493. The highest BCUT2D eigenvalue weighted by Gasteiger charge is 2.10. The second-order valence-electron chi connectivity index (χ2n) is 5.39. The van der Waals surface area contributed by atoms with Crippen LogP contribution in [0.3, 0.4) is 0 Å². The van der Waals surface area contributed by atoms with Gasteiger partial charge in [-0.3, -0.25) is 0 Å². The molecule has 0 unspecified atom stereocenters. The lowest BCUT2D eigenvalue weighted by Gasteiger charge is -2.10. The Hall–Kier alpha value is -2.11. The summed E-state index contributed by atoms with van der Waals surface area (Å²) in [5.74, 6) is 0.554. The molecule has 0 aromatic heterocycles. The van der Waals surface area contributed by atoms with E-state index in [1.54, 1.807) is 24.3 Å². The topological polar surface area (TPSA) is 65.0 Å². The van der Waals surface area contributed by atoms with Gasteiger partial charge in [-0.2, -0.15) is 0 Å². The van der Waals surface area contributed by atoms with E-state index in [1.165, 1.54) is 12.1 Å². The molecule has 0 aliphatic heterocycles. The molecule has 7 heteroatoms. The molecule has 0 spiro atoms. The third kappa shape index (κ3) is 6.00. The number of unbranched alkanes of at least 4 members (excludes halogenated alkanes) is 1. The van der Waals surface area contributed by atoms with Gasteiger partial charge >= 0.3 is 5.97 Å². The Morgan fingerprint density at radius 3 is 2.42 bits per heavy atom. The molecule has 0 aliphatic rings. The van der Waals surface area contributed by atoms with Gasteiger partial charge in [-0.25, -0.2) is 4.79 Å². The molecule has 0 aliphatic carbocycles. The molecular weight excluding hydrogens is 379 g/mol. The van der Waals surface area contributed by atoms with E-state index in [0.29, 0.717) is 43.1 Å². The van der Waals surface area contributed by atoms with Crippen LogP contribution < -0.4 is 9.47 Å². The average molecular weight is 399 g/mol. The highest BCUT2D eigenvalue weighted by Crippen LogP contribution is 2.36. The van der Waals surface area contributed by atoms with Crippen molar-refractivity contribution in [1.82, 2.24) is 0 Å². The second kappa shape index (κ2) is 10.1. The minimum atomic E-state index is -0.392. The third-order valence-corrected chi connectivity index (χ3v) is 3.94. The zero-order valence-corrected chi connectivity index (χ0v) is 15.8. The number of carbonyl (C=O) groups is 1. The smallest absolute Gasteiger partial charge is 0.338 e. The van der Waals surface area contributed by atoms with Crippen molar-refractivity contribution in [3.05, 3.63) is 52.0 Å². The van der Waals surface area contributed by atoms with Gasteiger partial charge in [0.1, 0.15) is 11.5 Å². The summed E-state index contributed by atoms with van der Waals surface area (Å²) in [5, 5.41) is 9.86. The van der Waals surface area contributed by atoms with Crippen molar-refractivity contribution in [1.29, 1.82) is 0 Å². The summed E-state index contributed by atoms with van der Waals surface area (Å²) in [6.45, 7) is 3.05. The van der Waals surface area contributed by atoms with Gasteiger partial charge in [0.15, 0.2) is 5.75 Å². The van der Waals surface area contributed by atoms with Crippen molar-refractivity contribution < 1.29 is 24.1 Å². The number of hydrogen-bond donors (Lipinski definition) is 1. The lowest BCUT2D eigenvalue weighted by atomic mass is 10.2. The summed E-state index contributed by atoms with van der Waals surface area (Å²) in [6, 6.07) is 9.60. The van der Waals surface area contributed by atoms with Gasteiger partial charge in [-0.1, -0.05) is 29.3 Å². The Labute approximate surface area is 162 Å². The predicted octanol–water partition coefficient (Wildman–Crippen LogP) is 5.11. The number of aromatic hydroxyl groups is 1. The maximum absolute atomic E-state index is 12.0. The molecule has 0 atom stereocenters. The van der Waals surface area contributed by atoms with E-state index in [1.807, 2.05) is 6.92 Å². The number of halogens is 2. The highest BCUT2D eigenvalue weighted by atomic mass is 35.5. The van der Waals surface area contributed by atoms with Crippen LogP contribution in [0, 0.1) is 0 Å². The van der Waals surface area contributed by atoms with E-state index < -0.39 is 5.97 Å². The monoisotopic (exact) mass is 398 g/mol. The molecule has 140 valence electrons. The van der Waals surface area contributed by atoms with E-state index in [-0.39, 0.29) is 22.4 Å². The Morgan fingerprint density at radius 1 is 1.04 bits per heavy atom. The van der Waals surface area contributed by atoms with Crippen molar-refractivity contribution in [3.8, 4) is 17.2 Å². The summed E-state index contributed by atoms with van der Waals surface area (Å²) < 4.78 is 16.1. The first-order chi connectivity index (χ1) is 12.5. The van der Waals surface area contributed by atoms with E-state index >= 15 is 0 Å². The summed E-state index contributed by atoms with van der Waals surface area (Å²) >= 11 is 11.9. The Kier molecular flexibility index (Phi) is 7.88. The van der Waals surface area contributed by atoms with Gasteiger partial charge in [0.05, 0.1) is 35.4 Å². The van der Waals surface area contributed by atoms with E-state index in [2.05, 4.69) is 0 Å². The fourth-order valence-electron chi connectivity index (χ4n) is 2.19. The summed E-state index contributed by atoms with van der Waals surface area (Å²) in [6.07, 6.45) is 1.28. The summed E-state index contributed by atoms with van der Waals surface area (Å²) in [7, 11) is 0. The molecule has 1 N–H and O–H groups in total. The Morgan fingerprint density at radius 2 is 1.73 bits per heavy atom. The number of carbonyl (C=O) groups excluding carboxylic acids is 1. The first-order valence-electron chi connectivity index (χ1n) is 8.22. The molecule has 0 bridgehead atoms. The summed E-state index contributed by atoms with van der Waals surface area (Å²) in [4.78, 5) is 12.0. The van der Waals surface area contributed by atoms with Crippen LogP contribution in [0.4, 0.5) is 0 Å². The molecule has 5 nitrogen and oxygen atoms in total. The average Bonchev–Trinajstić information content (AvgIpc) is 2.60. The number of phenolic OH excluding ortho intramolecular Hbond substituents is 1. The van der Waals surface area contributed by atoms with Crippen molar-refractivity contribution in [2.45, 2.75) is 19.8 Å². The second-order valence-corrected chi connectivity index (χ2v) is 6.21. The molecule has 2 aromatic carbocycles. The van der Waals surface area contributed by atoms with Gasteiger partial charge in [-0.15, -0.1) is 0 Å². The van der Waals surface area contributed by atoms with Crippen molar-refractivity contribution in [2.75, 3.05) is 19.8 Å².